The second-order valence-corrected chi connectivity index (χ2v) is 6.80. The first-order valence-corrected chi connectivity index (χ1v) is 7.64. The van der Waals surface area contributed by atoms with E-state index in [0.717, 1.165) is 0 Å². The van der Waals surface area contributed by atoms with Gasteiger partial charge in [-0.3, -0.25) is 0 Å². The maximum atomic E-state index is 13.6. The molecule has 0 saturated carbocycles. The minimum absolute atomic E-state index is 0.117. The van der Waals surface area contributed by atoms with Crippen molar-refractivity contribution in [2.24, 2.45) is 5.92 Å². The van der Waals surface area contributed by atoms with E-state index >= 15 is 0 Å². The number of benzene rings is 1. The zero-order valence-electron chi connectivity index (χ0n) is 11.4. The van der Waals surface area contributed by atoms with Crippen molar-refractivity contribution < 1.29 is 17.9 Å². The molecule has 19 heavy (non-hydrogen) atoms. The number of rotatable bonds is 6. The Balaban J connectivity index is 2.76. The van der Waals surface area contributed by atoms with Gasteiger partial charge >= 0.3 is 0 Å². The molecule has 0 heterocycles. The van der Waals surface area contributed by atoms with Gasteiger partial charge in [-0.25, -0.2) is 17.5 Å². The van der Waals surface area contributed by atoms with Crippen LogP contribution in [-0.4, -0.2) is 26.2 Å². The summed E-state index contributed by atoms with van der Waals surface area (Å²) >= 11 is 0. The number of aryl methyl sites for hydroxylation is 1. The van der Waals surface area contributed by atoms with Gasteiger partial charge in [0.15, 0.2) is 0 Å². The van der Waals surface area contributed by atoms with Gasteiger partial charge in [0.1, 0.15) is 10.7 Å². The Bertz CT molecular complexity index is 529. The highest BCUT2D eigenvalue weighted by Gasteiger charge is 2.20. The van der Waals surface area contributed by atoms with Gasteiger partial charge in [0.2, 0.25) is 10.0 Å². The molecule has 0 radical (unpaired) electrons. The molecule has 1 aromatic carbocycles. The van der Waals surface area contributed by atoms with Gasteiger partial charge < -0.3 is 5.11 Å². The highest BCUT2D eigenvalue weighted by Crippen LogP contribution is 2.15. The number of nitrogens with one attached hydrogen (secondary N) is 1. The first kappa shape index (κ1) is 16.1. The number of halogens is 1. The molecule has 0 amide bonds. The van der Waals surface area contributed by atoms with Crippen LogP contribution in [-0.2, 0) is 10.0 Å². The van der Waals surface area contributed by atoms with Crippen molar-refractivity contribution in [2.45, 2.75) is 38.2 Å². The molecule has 108 valence electrons. The summed E-state index contributed by atoms with van der Waals surface area (Å²) in [4.78, 5) is -0.394. The van der Waals surface area contributed by atoms with Crippen molar-refractivity contribution >= 4 is 10.0 Å². The average Bonchev–Trinajstić information content (AvgIpc) is 2.25. The van der Waals surface area contributed by atoms with Crippen LogP contribution in [0.3, 0.4) is 0 Å². The predicted molar refractivity (Wildman–Crippen MR) is 71.8 cm³/mol. The van der Waals surface area contributed by atoms with Crippen LogP contribution < -0.4 is 4.72 Å². The molecule has 2 N–H and O–H groups in total. The quantitative estimate of drug-likeness (QED) is 0.839. The Labute approximate surface area is 113 Å². The largest absolute Gasteiger partial charge is 0.392 e. The fraction of sp³-hybridized carbons (Fsp3) is 0.538. The molecule has 0 aliphatic rings. The smallest absolute Gasteiger partial charge is 0.243 e. The van der Waals surface area contributed by atoms with Crippen LogP contribution in [0.4, 0.5) is 4.39 Å². The molecule has 1 atom stereocenters. The summed E-state index contributed by atoms with van der Waals surface area (Å²) in [6.07, 6.45) is -0.290. The van der Waals surface area contributed by atoms with Crippen molar-refractivity contribution in [1.82, 2.24) is 4.72 Å². The number of aliphatic hydroxyl groups is 1. The van der Waals surface area contributed by atoms with Crippen molar-refractivity contribution in [3.8, 4) is 0 Å². The summed E-state index contributed by atoms with van der Waals surface area (Å²) in [6, 6.07) is 3.92. The van der Waals surface area contributed by atoms with E-state index in [1.807, 2.05) is 13.8 Å². The summed E-state index contributed by atoms with van der Waals surface area (Å²) in [6.45, 7) is 5.42. The Hall–Kier alpha value is -0.980. The molecule has 0 bridgehead atoms. The van der Waals surface area contributed by atoms with Crippen LogP contribution in [0.25, 0.3) is 0 Å². The SMILES string of the molecule is Cc1ccc(S(=O)(=O)NCC(O)CC(C)C)c(F)c1. The minimum Gasteiger partial charge on any atom is -0.392 e. The second-order valence-electron chi connectivity index (χ2n) is 5.07. The normalized spacial score (nSPS) is 13.8. The summed E-state index contributed by atoms with van der Waals surface area (Å²) in [5.74, 6) is -0.526. The lowest BCUT2D eigenvalue weighted by atomic mass is 10.1. The number of sulfonamides is 1. The zero-order valence-corrected chi connectivity index (χ0v) is 12.2. The maximum absolute atomic E-state index is 13.6. The molecule has 1 rings (SSSR count). The van der Waals surface area contributed by atoms with Crippen LogP contribution >= 0.6 is 0 Å². The molecule has 4 nitrogen and oxygen atoms in total. The standard InChI is InChI=1S/C13H20FNO3S/c1-9(2)6-11(16)8-15-19(17,18)13-5-4-10(3)7-12(13)14/h4-5,7,9,11,15-16H,6,8H2,1-3H3. The van der Waals surface area contributed by atoms with Crippen LogP contribution in [0.1, 0.15) is 25.8 Å². The Morgan fingerprint density at radius 3 is 2.53 bits per heavy atom. The fourth-order valence-corrected chi connectivity index (χ4v) is 2.87. The molecular weight excluding hydrogens is 269 g/mol. The van der Waals surface area contributed by atoms with E-state index in [0.29, 0.717) is 12.0 Å². The van der Waals surface area contributed by atoms with Crippen LogP contribution in [0.5, 0.6) is 0 Å². The lowest BCUT2D eigenvalue weighted by Gasteiger charge is -2.14. The lowest BCUT2D eigenvalue weighted by Crippen LogP contribution is -2.33. The molecule has 0 fully saturated rings. The molecule has 6 heteroatoms. The molecule has 0 saturated heterocycles. The topological polar surface area (TPSA) is 66.4 Å². The Morgan fingerprint density at radius 2 is 2.00 bits per heavy atom. The van der Waals surface area contributed by atoms with Crippen molar-refractivity contribution in [3.63, 3.8) is 0 Å². The van der Waals surface area contributed by atoms with E-state index in [2.05, 4.69) is 4.72 Å². The third-order valence-electron chi connectivity index (χ3n) is 2.63. The van der Waals surface area contributed by atoms with Gasteiger partial charge in [0, 0.05) is 6.54 Å². The summed E-state index contributed by atoms with van der Waals surface area (Å²) in [7, 11) is -3.92. The van der Waals surface area contributed by atoms with Gasteiger partial charge in [0.05, 0.1) is 6.10 Å². The zero-order chi connectivity index (χ0) is 14.6. The average molecular weight is 289 g/mol. The van der Waals surface area contributed by atoms with Gasteiger partial charge in [0.25, 0.3) is 0 Å². The molecule has 0 aliphatic heterocycles. The minimum atomic E-state index is -3.92. The van der Waals surface area contributed by atoms with E-state index in [-0.39, 0.29) is 12.5 Å². The van der Waals surface area contributed by atoms with Gasteiger partial charge in [-0.1, -0.05) is 19.9 Å². The van der Waals surface area contributed by atoms with Gasteiger partial charge in [-0.15, -0.1) is 0 Å². The molecule has 1 aromatic rings. The lowest BCUT2D eigenvalue weighted by molar-refractivity contribution is 0.152. The number of hydrogen-bond acceptors (Lipinski definition) is 3. The van der Waals surface area contributed by atoms with Crippen molar-refractivity contribution in [2.75, 3.05) is 6.54 Å². The summed E-state index contributed by atoms with van der Waals surface area (Å²) in [5.41, 5.74) is 0.649. The maximum Gasteiger partial charge on any atom is 0.243 e. The summed E-state index contributed by atoms with van der Waals surface area (Å²) in [5, 5.41) is 9.62. The number of hydrogen-bond donors (Lipinski definition) is 2. The Kier molecular flexibility index (Phi) is 5.46. The van der Waals surface area contributed by atoms with Crippen LogP contribution in [0, 0.1) is 18.7 Å². The van der Waals surface area contributed by atoms with Crippen molar-refractivity contribution in [3.05, 3.63) is 29.6 Å². The third-order valence-corrected chi connectivity index (χ3v) is 4.09. The predicted octanol–water partition coefficient (Wildman–Crippen LogP) is 1.82. The molecule has 0 aromatic heterocycles. The van der Waals surface area contributed by atoms with E-state index in [1.165, 1.54) is 18.2 Å². The molecule has 1 unspecified atom stereocenters. The first-order chi connectivity index (χ1) is 8.72. The van der Waals surface area contributed by atoms with E-state index in [1.54, 1.807) is 6.92 Å². The summed E-state index contributed by atoms with van der Waals surface area (Å²) < 4.78 is 39.6. The first-order valence-electron chi connectivity index (χ1n) is 6.16. The van der Waals surface area contributed by atoms with Gasteiger partial charge in [-0.05, 0) is 37.0 Å². The van der Waals surface area contributed by atoms with E-state index in [9.17, 15) is 17.9 Å². The van der Waals surface area contributed by atoms with Gasteiger partial charge in [-0.2, -0.15) is 0 Å². The van der Waals surface area contributed by atoms with Crippen LogP contribution in [0.2, 0.25) is 0 Å². The van der Waals surface area contributed by atoms with Crippen LogP contribution in [0.15, 0.2) is 23.1 Å². The molecule has 0 spiro atoms. The number of aliphatic hydroxyl groups excluding tert-OH is 1. The highest BCUT2D eigenvalue weighted by atomic mass is 32.2. The van der Waals surface area contributed by atoms with E-state index < -0.39 is 26.8 Å². The Morgan fingerprint density at radius 1 is 1.37 bits per heavy atom. The fourth-order valence-electron chi connectivity index (χ4n) is 1.73. The molecular formula is C13H20FNO3S. The second kappa shape index (κ2) is 6.45. The van der Waals surface area contributed by atoms with E-state index in [4.69, 9.17) is 0 Å². The highest BCUT2D eigenvalue weighted by molar-refractivity contribution is 7.89. The van der Waals surface area contributed by atoms with Crippen molar-refractivity contribution in [1.29, 1.82) is 0 Å². The third kappa shape index (κ3) is 4.89. The monoisotopic (exact) mass is 289 g/mol. The molecule has 0 aliphatic carbocycles.